The number of carbonyl (C=O) groups excluding carboxylic acids is 2. The zero-order valence-corrected chi connectivity index (χ0v) is 18.1. The molecule has 0 bridgehead atoms. The van der Waals surface area contributed by atoms with Gasteiger partial charge in [-0.3, -0.25) is 0 Å². The van der Waals surface area contributed by atoms with E-state index in [2.05, 4.69) is 0 Å². The number of hydrogen-bond donors (Lipinski definition) is 0. The third-order valence-electron chi connectivity index (χ3n) is 3.01. The average molecular weight is 420 g/mol. The van der Waals surface area contributed by atoms with Crippen molar-refractivity contribution in [1.82, 2.24) is 0 Å². The van der Waals surface area contributed by atoms with Crippen LogP contribution < -0.4 is 19.7 Å². The van der Waals surface area contributed by atoms with E-state index in [0.717, 1.165) is 23.3 Å². The van der Waals surface area contributed by atoms with E-state index in [9.17, 15) is 19.8 Å². The van der Waals surface area contributed by atoms with Crippen LogP contribution in [-0.4, -0.2) is 26.2 Å². The minimum atomic E-state index is -1.21. The summed E-state index contributed by atoms with van der Waals surface area (Å²) in [6.07, 6.45) is 4.87. The summed E-state index contributed by atoms with van der Waals surface area (Å²) in [5, 5.41) is 20.2. The fourth-order valence-corrected chi connectivity index (χ4v) is 1.82. The first-order valence-corrected chi connectivity index (χ1v) is 7.51. The summed E-state index contributed by atoms with van der Waals surface area (Å²) in [4.78, 5) is 20.2. The second-order valence-electron chi connectivity index (χ2n) is 4.86. The number of methoxy groups -OCH3 is 2. The topological polar surface area (TPSA) is 98.7 Å². The molecule has 0 heterocycles. The number of aliphatic carboxylic acids is 2. The van der Waals surface area contributed by atoms with Crippen molar-refractivity contribution in [3.05, 3.63) is 71.8 Å². The van der Waals surface area contributed by atoms with Crippen molar-refractivity contribution < 1.29 is 48.8 Å². The van der Waals surface area contributed by atoms with Crippen LogP contribution in [0.3, 0.4) is 0 Å². The quantitative estimate of drug-likeness (QED) is 0.510. The van der Waals surface area contributed by atoms with Crippen LogP contribution in [0.4, 0.5) is 0 Å². The summed E-state index contributed by atoms with van der Waals surface area (Å²) < 4.78 is 9.93. The van der Waals surface area contributed by atoms with Gasteiger partial charge in [-0.1, -0.05) is 36.4 Å². The fraction of sp³-hybridized carbons (Fsp3) is 0.100. The predicted octanol–water partition coefficient (Wildman–Crippen LogP) is 0.914. The Hall–Kier alpha value is -2.92. The summed E-state index contributed by atoms with van der Waals surface area (Å²) in [5.74, 6) is -1.02. The van der Waals surface area contributed by atoms with Gasteiger partial charge in [-0.2, -0.15) is 0 Å². The summed E-state index contributed by atoms with van der Waals surface area (Å²) in [5.41, 5.74) is 1.53. The van der Waals surface area contributed by atoms with Crippen LogP contribution in [0.1, 0.15) is 11.1 Å². The molecule has 0 aliphatic carbocycles. The monoisotopic (exact) mass is 418 g/mol. The van der Waals surface area contributed by atoms with E-state index in [0.29, 0.717) is 11.5 Å². The van der Waals surface area contributed by atoms with Crippen molar-refractivity contribution in [2.24, 2.45) is 0 Å². The van der Waals surface area contributed by atoms with Crippen LogP contribution in [-0.2, 0) is 29.1 Å². The standard InChI is InChI=1S/2C10H10O3.Zn/c2*1-13-9-4-2-3-8(7-9)5-6-10(11)12;/h2*2-7H,1H3,(H,11,12);/q;;+2/p-2. The third-order valence-corrected chi connectivity index (χ3v) is 3.01. The Morgan fingerprint density at radius 2 is 1.15 bits per heavy atom. The van der Waals surface area contributed by atoms with Crippen molar-refractivity contribution in [3.8, 4) is 11.5 Å². The fourth-order valence-electron chi connectivity index (χ4n) is 1.82. The van der Waals surface area contributed by atoms with E-state index in [1.54, 1.807) is 62.8 Å². The molecular weight excluding hydrogens is 402 g/mol. The van der Waals surface area contributed by atoms with Gasteiger partial charge in [0.2, 0.25) is 0 Å². The maximum atomic E-state index is 10.1. The number of hydrogen-bond acceptors (Lipinski definition) is 6. The largest absolute Gasteiger partial charge is 2.00 e. The van der Waals surface area contributed by atoms with Gasteiger partial charge < -0.3 is 29.3 Å². The van der Waals surface area contributed by atoms with Crippen molar-refractivity contribution in [3.63, 3.8) is 0 Å². The Kier molecular flexibility index (Phi) is 11.9. The molecule has 2 rings (SSSR count). The molecule has 0 atom stereocenters. The van der Waals surface area contributed by atoms with Crippen molar-refractivity contribution in [2.45, 2.75) is 0 Å². The Bertz CT molecular complexity index is 731. The number of ether oxygens (including phenoxy) is 2. The second kappa shape index (κ2) is 13.3. The molecule has 0 radical (unpaired) electrons. The molecule has 7 heteroatoms. The Labute approximate surface area is 170 Å². The maximum Gasteiger partial charge on any atom is 2.00 e. The van der Waals surface area contributed by atoms with Crippen LogP contribution in [0.15, 0.2) is 60.7 Å². The van der Waals surface area contributed by atoms with Gasteiger partial charge in [0.15, 0.2) is 0 Å². The molecule has 2 aromatic carbocycles. The molecule has 0 aliphatic heterocycles. The molecule has 0 unspecified atom stereocenters. The number of rotatable bonds is 6. The Morgan fingerprint density at radius 3 is 1.44 bits per heavy atom. The van der Waals surface area contributed by atoms with Gasteiger partial charge in [-0.15, -0.1) is 0 Å². The van der Waals surface area contributed by atoms with Crippen LogP contribution in [0.5, 0.6) is 11.5 Å². The Balaban J connectivity index is 0.000000483. The van der Waals surface area contributed by atoms with E-state index in [4.69, 9.17) is 9.47 Å². The first-order chi connectivity index (χ1) is 12.4. The van der Waals surface area contributed by atoms with Gasteiger partial charge in [-0.25, -0.2) is 0 Å². The molecule has 0 saturated heterocycles. The number of carboxylic acid groups (broad SMARTS) is 2. The van der Waals surface area contributed by atoms with Crippen LogP contribution in [0.25, 0.3) is 12.2 Å². The molecule has 0 saturated carbocycles. The maximum absolute atomic E-state index is 10.1. The Morgan fingerprint density at radius 1 is 0.778 bits per heavy atom. The van der Waals surface area contributed by atoms with Crippen molar-refractivity contribution in [2.75, 3.05) is 14.2 Å². The molecule has 136 valence electrons. The first-order valence-electron chi connectivity index (χ1n) is 7.51. The molecule has 0 spiro atoms. The molecule has 0 aliphatic rings. The van der Waals surface area contributed by atoms with Crippen molar-refractivity contribution >= 4 is 24.1 Å². The minimum absolute atomic E-state index is 0. The van der Waals surface area contributed by atoms with Crippen LogP contribution >= 0.6 is 0 Å². The molecule has 0 amide bonds. The zero-order chi connectivity index (χ0) is 19.4. The molecule has 0 fully saturated rings. The van der Waals surface area contributed by atoms with Gasteiger partial charge in [0, 0.05) is 0 Å². The van der Waals surface area contributed by atoms with Gasteiger partial charge in [0.1, 0.15) is 11.5 Å². The number of carboxylic acids is 2. The zero-order valence-electron chi connectivity index (χ0n) is 15.1. The predicted molar refractivity (Wildman–Crippen MR) is 94.1 cm³/mol. The van der Waals surface area contributed by atoms with E-state index in [-0.39, 0.29) is 19.5 Å². The van der Waals surface area contributed by atoms with Gasteiger partial charge in [0.25, 0.3) is 0 Å². The van der Waals surface area contributed by atoms with Gasteiger partial charge >= 0.3 is 19.5 Å². The molecule has 2 aromatic rings. The van der Waals surface area contributed by atoms with E-state index in [1.165, 1.54) is 12.2 Å². The van der Waals surface area contributed by atoms with Crippen molar-refractivity contribution in [1.29, 1.82) is 0 Å². The minimum Gasteiger partial charge on any atom is -0.545 e. The van der Waals surface area contributed by atoms with Gasteiger partial charge in [0.05, 0.1) is 26.2 Å². The van der Waals surface area contributed by atoms with E-state index in [1.807, 2.05) is 0 Å². The SMILES string of the molecule is COc1cccc(C=CC(=O)[O-])c1.COc1cccc(C=CC(=O)[O-])c1.[Zn+2]. The number of benzene rings is 2. The molecule has 0 aromatic heterocycles. The van der Waals surface area contributed by atoms with E-state index < -0.39 is 11.9 Å². The molecular formula is C20H18O6Zn. The normalized spacial score (nSPS) is 9.85. The van der Waals surface area contributed by atoms with Gasteiger partial charge in [-0.05, 0) is 47.5 Å². The summed E-state index contributed by atoms with van der Waals surface area (Å²) in [7, 11) is 3.11. The average Bonchev–Trinajstić information content (AvgIpc) is 2.65. The molecule has 0 N–H and O–H groups in total. The third kappa shape index (κ3) is 10.6. The van der Waals surface area contributed by atoms with Crippen LogP contribution in [0, 0.1) is 0 Å². The molecule has 27 heavy (non-hydrogen) atoms. The smallest absolute Gasteiger partial charge is 0.545 e. The second-order valence-corrected chi connectivity index (χ2v) is 4.86. The number of carbonyl (C=O) groups is 2. The van der Waals surface area contributed by atoms with E-state index >= 15 is 0 Å². The summed E-state index contributed by atoms with van der Waals surface area (Å²) >= 11 is 0. The molecule has 6 nitrogen and oxygen atoms in total. The summed E-state index contributed by atoms with van der Waals surface area (Å²) in [6, 6.07) is 14.2. The summed E-state index contributed by atoms with van der Waals surface area (Å²) in [6.45, 7) is 0. The van der Waals surface area contributed by atoms with Crippen LogP contribution in [0.2, 0.25) is 0 Å². The first kappa shape index (κ1) is 24.1.